The van der Waals surface area contributed by atoms with E-state index in [4.69, 9.17) is 0 Å². The van der Waals surface area contributed by atoms with Crippen LogP contribution in [0.25, 0.3) is 0 Å². The topological polar surface area (TPSA) is 40.6 Å². The van der Waals surface area contributed by atoms with Crippen LogP contribution in [0.2, 0.25) is 0 Å². The van der Waals surface area contributed by atoms with Crippen LogP contribution in [-0.2, 0) is 9.59 Å². The van der Waals surface area contributed by atoms with E-state index in [1.807, 2.05) is 44.4 Å². The van der Waals surface area contributed by atoms with Gasteiger partial charge in [-0.05, 0) is 40.5 Å². The molecule has 0 N–H and O–H groups in total. The molecule has 0 aromatic heterocycles. The van der Waals surface area contributed by atoms with Crippen molar-refractivity contribution in [2.24, 2.45) is 5.92 Å². The maximum atomic E-state index is 11.3. The lowest BCUT2D eigenvalue weighted by molar-refractivity contribution is -0.132. The molecule has 0 aromatic rings. The molecule has 0 spiro atoms. The Balaban J connectivity index is 0. The maximum absolute atomic E-state index is 11.3. The summed E-state index contributed by atoms with van der Waals surface area (Å²) in [6, 6.07) is 0.789. The van der Waals surface area contributed by atoms with Gasteiger partial charge in [-0.25, -0.2) is 0 Å². The van der Waals surface area contributed by atoms with Gasteiger partial charge in [-0.3, -0.25) is 9.59 Å². The van der Waals surface area contributed by atoms with Gasteiger partial charge >= 0.3 is 0 Å². The first-order valence-electron chi connectivity index (χ1n) is 9.44. The van der Waals surface area contributed by atoms with Crippen molar-refractivity contribution in [3.05, 3.63) is 0 Å². The molecule has 2 rings (SSSR count). The van der Waals surface area contributed by atoms with Crippen molar-refractivity contribution in [1.29, 1.82) is 0 Å². The third kappa shape index (κ3) is 8.38. The van der Waals surface area contributed by atoms with E-state index in [1.165, 1.54) is 0 Å². The summed E-state index contributed by atoms with van der Waals surface area (Å²) < 4.78 is 0. The first-order chi connectivity index (χ1) is 10.8. The molecule has 23 heavy (non-hydrogen) atoms. The summed E-state index contributed by atoms with van der Waals surface area (Å²) in [5, 5.41) is 0. The molecular weight excluding hydrogens is 288 g/mol. The number of carbonyl (C=O) groups excluding carboxylic acids is 2. The number of hydrogen-bond acceptors (Lipinski definition) is 2. The fraction of sp³-hybridized carbons (Fsp3) is 0.895. The second kappa shape index (κ2) is 13.4. The van der Waals surface area contributed by atoms with Crippen molar-refractivity contribution in [1.82, 2.24) is 9.80 Å². The van der Waals surface area contributed by atoms with Crippen LogP contribution in [-0.4, -0.2) is 46.8 Å². The van der Waals surface area contributed by atoms with Gasteiger partial charge in [0.1, 0.15) is 0 Å². The van der Waals surface area contributed by atoms with Crippen LogP contribution in [0, 0.1) is 5.92 Å². The van der Waals surface area contributed by atoms with E-state index in [0.29, 0.717) is 23.9 Å². The molecule has 0 bridgehead atoms. The summed E-state index contributed by atoms with van der Waals surface area (Å²) >= 11 is 0. The van der Waals surface area contributed by atoms with Crippen molar-refractivity contribution >= 4 is 11.8 Å². The van der Waals surface area contributed by atoms with Gasteiger partial charge in [0.15, 0.2) is 0 Å². The normalized spacial score (nSPS) is 19.9. The monoisotopic (exact) mass is 328 g/mol. The average Bonchev–Trinajstić information content (AvgIpc) is 3.11. The third-order valence-corrected chi connectivity index (χ3v) is 3.86. The highest BCUT2D eigenvalue weighted by molar-refractivity contribution is 5.80. The van der Waals surface area contributed by atoms with Gasteiger partial charge in [-0.1, -0.05) is 34.6 Å². The van der Waals surface area contributed by atoms with Gasteiger partial charge in [0.25, 0.3) is 0 Å². The minimum absolute atomic E-state index is 0.266. The van der Waals surface area contributed by atoms with E-state index < -0.39 is 0 Å². The summed E-state index contributed by atoms with van der Waals surface area (Å²) in [5.74, 6) is 0.919. The number of rotatable bonds is 2. The Labute approximate surface area is 144 Å². The number of amides is 2. The molecule has 2 amide bonds. The van der Waals surface area contributed by atoms with E-state index in [1.54, 1.807) is 0 Å². The van der Waals surface area contributed by atoms with Crippen molar-refractivity contribution < 1.29 is 9.59 Å². The Kier molecular flexibility index (Phi) is 14.1. The van der Waals surface area contributed by atoms with Crippen molar-refractivity contribution in [3.63, 3.8) is 0 Å². The van der Waals surface area contributed by atoms with Crippen molar-refractivity contribution in [2.45, 2.75) is 93.7 Å². The third-order valence-electron chi connectivity index (χ3n) is 3.86. The molecule has 0 radical (unpaired) electrons. The fourth-order valence-electron chi connectivity index (χ4n) is 2.58. The van der Waals surface area contributed by atoms with E-state index >= 15 is 0 Å². The Hall–Kier alpha value is -1.06. The van der Waals surface area contributed by atoms with Crippen LogP contribution in [0.5, 0.6) is 0 Å². The smallest absolute Gasteiger partial charge is 0.225 e. The second-order valence-corrected chi connectivity index (χ2v) is 6.10. The quantitative estimate of drug-likeness (QED) is 0.757. The highest BCUT2D eigenvalue weighted by atomic mass is 16.2. The molecule has 0 aliphatic carbocycles. The van der Waals surface area contributed by atoms with Crippen LogP contribution >= 0.6 is 0 Å². The van der Waals surface area contributed by atoms with Crippen LogP contribution in [0.3, 0.4) is 0 Å². The molecule has 2 fully saturated rings. The largest absolute Gasteiger partial charge is 0.340 e. The van der Waals surface area contributed by atoms with Gasteiger partial charge in [0.2, 0.25) is 11.8 Å². The molecule has 138 valence electrons. The van der Waals surface area contributed by atoms with E-state index in [0.717, 1.165) is 32.4 Å². The van der Waals surface area contributed by atoms with Crippen LogP contribution in [0.1, 0.15) is 81.6 Å². The lowest BCUT2D eigenvalue weighted by atomic mass is 10.1. The van der Waals surface area contributed by atoms with E-state index in [9.17, 15) is 9.59 Å². The predicted octanol–water partition coefficient (Wildman–Crippen LogP) is 4.33. The van der Waals surface area contributed by atoms with Gasteiger partial charge in [-0.2, -0.15) is 0 Å². The maximum Gasteiger partial charge on any atom is 0.225 e. The first kappa shape index (κ1) is 24.2. The highest BCUT2D eigenvalue weighted by Crippen LogP contribution is 2.18. The molecule has 2 aliphatic heterocycles. The summed E-state index contributed by atoms with van der Waals surface area (Å²) in [5.41, 5.74) is 0. The minimum atomic E-state index is 0.266. The SMILES string of the molecule is CC.CC.CC(C)N1CCCC1=O.CC1CCN(C(C)C)C1=O. The molecule has 0 aromatic carbocycles. The molecule has 2 heterocycles. The number of carbonyl (C=O) groups is 2. The number of likely N-dealkylation sites (tertiary alicyclic amines) is 2. The van der Waals surface area contributed by atoms with E-state index in [-0.39, 0.29) is 5.92 Å². The Morgan fingerprint density at radius 2 is 1.35 bits per heavy atom. The Bertz CT molecular complexity index is 327. The van der Waals surface area contributed by atoms with Crippen LogP contribution < -0.4 is 0 Å². The number of nitrogens with zero attached hydrogens (tertiary/aromatic N) is 2. The molecule has 2 saturated heterocycles. The number of hydrogen-bond donors (Lipinski definition) is 0. The summed E-state index contributed by atoms with van der Waals surface area (Å²) in [6.07, 6.45) is 2.85. The highest BCUT2D eigenvalue weighted by Gasteiger charge is 2.29. The summed E-state index contributed by atoms with van der Waals surface area (Å²) in [4.78, 5) is 26.1. The summed E-state index contributed by atoms with van der Waals surface area (Å²) in [7, 11) is 0. The fourth-order valence-corrected chi connectivity index (χ4v) is 2.58. The average molecular weight is 329 g/mol. The summed E-state index contributed by atoms with van der Waals surface area (Å²) in [6.45, 7) is 20.2. The van der Waals surface area contributed by atoms with Gasteiger partial charge in [-0.15, -0.1) is 0 Å². The first-order valence-corrected chi connectivity index (χ1v) is 9.44. The van der Waals surface area contributed by atoms with E-state index in [2.05, 4.69) is 27.7 Å². The Morgan fingerprint density at radius 1 is 0.870 bits per heavy atom. The van der Waals surface area contributed by atoms with Gasteiger partial charge < -0.3 is 9.80 Å². The van der Waals surface area contributed by atoms with Gasteiger partial charge in [0, 0.05) is 37.5 Å². The second-order valence-electron chi connectivity index (χ2n) is 6.10. The molecule has 1 unspecified atom stereocenters. The Morgan fingerprint density at radius 3 is 1.52 bits per heavy atom. The lowest BCUT2D eigenvalue weighted by Gasteiger charge is -2.20. The minimum Gasteiger partial charge on any atom is -0.340 e. The zero-order valence-electron chi connectivity index (χ0n) is 17.0. The standard InChI is InChI=1S/C8H15NO.C7H13NO.2C2H6/c1-6(2)9-5-4-7(3)8(9)10;1-6(2)8-5-3-4-7(8)9;2*1-2/h6-7H,4-5H2,1-3H3;6H,3-5H2,1-2H3;2*1-2H3. The van der Waals surface area contributed by atoms with Crippen molar-refractivity contribution in [2.75, 3.05) is 13.1 Å². The molecule has 0 saturated carbocycles. The molecule has 4 nitrogen and oxygen atoms in total. The van der Waals surface area contributed by atoms with Crippen LogP contribution in [0.15, 0.2) is 0 Å². The van der Waals surface area contributed by atoms with Crippen molar-refractivity contribution in [3.8, 4) is 0 Å². The van der Waals surface area contributed by atoms with Gasteiger partial charge in [0.05, 0.1) is 0 Å². The molecule has 1 atom stereocenters. The zero-order chi connectivity index (χ0) is 18.6. The molecular formula is C19H40N2O2. The molecule has 2 aliphatic rings. The molecule has 4 heteroatoms. The predicted molar refractivity (Wildman–Crippen MR) is 99.4 cm³/mol. The lowest BCUT2D eigenvalue weighted by Crippen LogP contribution is -2.33. The van der Waals surface area contributed by atoms with Crippen LogP contribution in [0.4, 0.5) is 0 Å². The zero-order valence-corrected chi connectivity index (χ0v) is 17.0.